The fraction of sp³-hybridized carbons (Fsp3) is 0.600. The highest BCUT2D eigenvalue weighted by Gasteiger charge is 2.10. The van der Waals surface area contributed by atoms with Crippen LogP contribution in [0.2, 0.25) is 0 Å². The highest BCUT2D eigenvalue weighted by atomic mass is 19.1. The standard InChI is InChI=1S/C15H24FN/c1-4-7-15(5-2)17-12(3)10-13-8-6-9-14(16)11-13/h6,8-9,11-12,15,17H,4-5,7,10H2,1-3H3. The van der Waals surface area contributed by atoms with Crippen LogP contribution < -0.4 is 5.32 Å². The molecule has 1 aromatic rings. The van der Waals surface area contributed by atoms with Crippen molar-refractivity contribution in [3.05, 3.63) is 35.6 Å². The molecule has 0 bridgehead atoms. The molecule has 0 aliphatic rings. The fourth-order valence-corrected chi connectivity index (χ4v) is 2.23. The molecule has 0 saturated carbocycles. The second-order valence-corrected chi connectivity index (χ2v) is 4.80. The Morgan fingerprint density at radius 2 is 2.06 bits per heavy atom. The van der Waals surface area contributed by atoms with Gasteiger partial charge in [-0.2, -0.15) is 0 Å². The maximum atomic E-state index is 13.0. The van der Waals surface area contributed by atoms with E-state index in [1.807, 2.05) is 6.07 Å². The number of benzene rings is 1. The highest BCUT2D eigenvalue weighted by Crippen LogP contribution is 2.08. The molecule has 2 unspecified atom stereocenters. The summed E-state index contributed by atoms with van der Waals surface area (Å²) in [4.78, 5) is 0. The second-order valence-electron chi connectivity index (χ2n) is 4.80. The van der Waals surface area contributed by atoms with E-state index >= 15 is 0 Å². The zero-order valence-corrected chi connectivity index (χ0v) is 11.2. The molecule has 17 heavy (non-hydrogen) atoms. The van der Waals surface area contributed by atoms with Crippen LogP contribution in [0.4, 0.5) is 4.39 Å². The molecule has 0 aliphatic carbocycles. The zero-order valence-electron chi connectivity index (χ0n) is 11.2. The lowest BCUT2D eigenvalue weighted by Crippen LogP contribution is -2.37. The van der Waals surface area contributed by atoms with Crippen molar-refractivity contribution >= 4 is 0 Å². The van der Waals surface area contributed by atoms with Crippen LogP contribution in [0.15, 0.2) is 24.3 Å². The first-order chi connectivity index (χ1) is 8.15. The van der Waals surface area contributed by atoms with Gasteiger partial charge in [-0.1, -0.05) is 32.4 Å². The second kappa shape index (κ2) is 7.44. The minimum Gasteiger partial charge on any atom is -0.311 e. The van der Waals surface area contributed by atoms with Crippen LogP contribution in [0.3, 0.4) is 0 Å². The maximum absolute atomic E-state index is 13.0. The van der Waals surface area contributed by atoms with Crippen molar-refractivity contribution in [1.82, 2.24) is 5.32 Å². The summed E-state index contributed by atoms with van der Waals surface area (Å²) in [7, 11) is 0. The number of rotatable bonds is 7. The van der Waals surface area contributed by atoms with Crippen molar-refractivity contribution in [1.29, 1.82) is 0 Å². The average Bonchev–Trinajstić information content (AvgIpc) is 2.28. The smallest absolute Gasteiger partial charge is 0.123 e. The van der Waals surface area contributed by atoms with Crippen molar-refractivity contribution < 1.29 is 4.39 Å². The van der Waals surface area contributed by atoms with Gasteiger partial charge in [0.05, 0.1) is 0 Å². The Morgan fingerprint density at radius 1 is 1.29 bits per heavy atom. The summed E-state index contributed by atoms with van der Waals surface area (Å²) in [5.41, 5.74) is 1.07. The summed E-state index contributed by atoms with van der Waals surface area (Å²) in [6, 6.07) is 7.87. The highest BCUT2D eigenvalue weighted by molar-refractivity contribution is 5.17. The summed E-state index contributed by atoms with van der Waals surface area (Å²) < 4.78 is 13.0. The van der Waals surface area contributed by atoms with Crippen molar-refractivity contribution in [2.75, 3.05) is 0 Å². The van der Waals surface area contributed by atoms with Crippen LogP contribution in [0.25, 0.3) is 0 Å². The van der Waals surface area contributed by atoms with Crippen LogP contribution in [0.1, 0.15) is 45.6 Å². The van der Waals surface area contributed by atoms with E-state index in [0.29, 0.717) is 12.1 Å². The minimum absolute atomic E-state index is 0.143. The molecule has 1 aromatic carbocycles. The Bertz CT molecular complexity index is 324. The van der Waals surface area contributed by atoms with E-state index in [1.165, 1.54) is 18.9 Å². The molecule has 2 atom stereocenters. The van der Waals surface area contributed by atoms with Gasteiger partial charge in [-0.15, -0.1) is 0 Å². The molecule has 0 aromatic heterocycles. The van der Waals surface area contributed by atoms with E-state index in [1.54, 1.807) is 12.1 Å². The Labute approximate surface area is 104 Å². The predicted molar refractivity (Wildman–Crippen MR) is 71.7 cm³/mol. The van der Waals surface area contributed by atoms with E-state index < -0.39 is 0 Å². The van der Waals surface area contributed by atoms with Gasteiger partial charge in [0, 0.05) is 12.1 Å². The molecule has 0 spiro atoms. The van der Waals surface area contributed by atoms with Gasteiger partial charge >= 0.3 is 0 Å². The first-order valence-corrected chi connectivity index (χ1v) is 6.66. The molecule has 96 valence electrons. The van der Waals surface area contributed by atoms with Gasteiger partial charge in [0.15, 0.2) is 0 Å². The van der Waals surface area contributed by atoms with Crippen LogP contribution in [0, 0.1) is 5.82 Å². The van der Waals surface area contributed by atoms with Crippen LogP contribution >= 0.6 is 0 Å². The normalized spacial score (nSPS) is 14.6. The van der Waals surface area contributed by atoms with Gasteiger partial charge in [-0.25, -0.2) is 4.39 Å². The number of nitrogens with one attached hydrogen (secondary N) is 1. The first kappa shape index (κ1) is 14.2. The Kier molecular flexibility index (Phi) is 6.20. The van der Waals surface area contributed by atoms with E-state index in [0.717, 1.165) is 18.4 Å². The molecule has 0 radical (unpaired) electrons. The van der Waals surface area contributed by atoms with Gasteiger partial charge in [0.25, 0.3) is 0 Å². The van der Waals surface area contributed by atoms with E-state index in [4.69, 9.17) is 0 Å². The van der Waals surface area contributed by atoms with Gasteiger partial charge in [-0.05, 0) is 43.9 Å². The molecule has 0 amide bonds. The molecule has 0 heterocycles. The lowest BCUT2D eigenvalue weighted by molar-refractivity contribution is 0.408. The van der Waals surface area contributed by atoms with Crippen molar-refractivity contribution in [3.63, 3.8) is 0 Å². The summed E-state index contributed by atoms with van der Waals surface area (Å²) in [6.07, 6.45) is 4.46. The minimum atomic E-state index is -0.143. The molecule has 0 fully saturated rings. The van der Waals surface area contributed by atoms with Crippen LogP contribution in [-0.4, -0.2) is 12.1 Å². The van der Waals surface area contributed by atoms with Crippen molar-refractivity contribution in [2.45, 2.75) is 58.5 Å². The number of halogens is 1. The summed E-state index contributed by atoms with van der Waals surface area (Å²) >= 11 is 0. The molecular weight excluding hydrogens is 213 g/mol. The lowest BCUT2D eigenvalue weighted by atomic mass is 10.0. The Hall–Kier alpha value is -0.890. The topological polar surface area (TPSA) is 12.0 Å². The number of hydrogen-bond donors (Lipinski definition) is 1. The monoisotopic (exact) mass is 237 g/mol. The molecule has 1 rings (SSSR count). The summed E-state index contributed by atoms with van der Waals surface area (Å²) in [6.45, 7) is 6.59. The quantitative estimate of drug-likeness (QED) is 0.757. The van der Waals surface area contributed by atoms with E-state index in [-0.39, 0.29) is 5.82 Å². The third kappa shape index (κ3) is 5.31. The molecular formula is C15H24FN. The van der Waals surface area contributed by atoms with Crippen LogP contribution in [0.5, 0.6) is 0 Å². The largest absolute Gasteiger partial charge is 0.311 e. The molecule has 0 aliphatic heterocycles. The Balaban J connectivity index is 2.45. The van der Waals surface area contributed by atoms with Gasteiger partial charge in [0.1, 0.15) is 5.82 Å². The summed E-state index contributed by atoms with van der Waals surface area (Å²) in [5.74, 6) is -0.143. The van der Waals surface area contributed by atoms with Gasteiger partial charge in [-0.3, -0.25) is 0 Å². The maximum Gasteiger partial charge on any atom is 0.123 e. The van der Waals surface area contributed by atoms with Crippen molar-refractivity contribution in [3.8, 4) is 0 Å². The lowest BCUT2D eigenvalue weighted by Gasteiger charge is -2.22. The number of hydrogen-bond acceptors (Lipinski definition) is 1. The fourth-order valence-electron chi connectivity index (χ4n) is 2.23. The Morgan fingerprint density at radius 3 is 2.65 bits per heavy atom. The summed E-state index contributed by atoms with van der Waals surface area (Å²) in [5, 5.41) is 3.61. The van der Waals surface area contributed by atoms with Gasteiger partial charge < -0.3 is 5.32 Å². The van der Waals surface area contributed by atoms with Crippen LogP contribution in [-0.2, 0) is 6.42 Å². The van der Waals surface area contributed by atoms with E-state index in [9.17, 15) is 4.39 Å². The van der Waals surface area contributed by atoms with Crippen molar-refractivity contribution in [2.24, 2.45) is 0 Å². The predicted octanol–water partition coefficient (Wildman–Crippen LogP) is 3.93. The molecule has 1 nitrogen and oxygen atoms in total. The third-order valence-electron chi connectivity index (χ3n) is 3.08. The van der Waals surface area contributed by atoms with E-state index in [2.05, 4.69) is 26.1 Å². The molecule has 2 heteroatoms. The first-order valence-electron chi connectivity index (χ1n) is 6.66. The molecule has 1 N–H and O–H groups in total. The zero-order chi connectivity index (χ0) is 12.7. The van der Waals surface area contributed by atoms with Gasteiger partial charge in [0.2, 0.25) is 0 Å². The average molecular weight is 237 g/mol. The third-order valence-corrected chi connectivity index (χ3v) is 3.08. The SMILES string of the molecule is CCCC(CC)NC(C)Cc1cccc(F)c1. The molecule has 0 saturated heterocycles.